The molecule has 2 aromatic rings. The molecule has 1 fully saturated rings. The molecule has 6 nitrogen and oxygen atoms in total. The van der Waals surface area contributed by atoms with Crippen LogP contribution in [0.25, 0.3) is 0 Å². The van der Waals surface area contributed by atoms with Gasteiger partial charge in [0.15, 0.2) is 5.76 Å². The summed E-state index contributed by atoms with van der Waals surface area (Å²) in [4.78, 5) is 27.7. The Morgan fingerprint density at radius 3 is 3.14 bits per heavy atom. The van der Waals surface area contributed by atoms with Gasteiger partial charge in [-0.2, -0.15) is 0 Å². The molecule has 0 radical (unpaired) electrons. The summed E-state index contributed by atoms with van der Waals surface area (Å²) in [6.45, 7) is 1.92. The van der Waals surface area contributed by atoms with E-state index < -0.39 is 5.54 Å². The molecule has 22 heavy (non-hydrogen) atoms. The summed E-state index contributed by atoms with van der Waals surface area (Å²) in [6, 6.07) is 3.33. The number of nitrogens with one attached hydrogen (secondary N) is 1. The van der Waals surface area contributed by atoms with Gasteiger partial charge in [-0.1, -0.05) is 5.16 Å². The molecule has 1 aliphatic carbocycles. The first-order valence-corrected chi connectivity index (χ1v) is 8.11. The van der Waals surface area contributed by atoms with E-state index in [4.69, 9.17) is 4.52 Å². The fourth-order valence-corrected chi connectivity index (χ4v) is 4.33. The Morgan fingerprint density at radius 1 is 1.50 bits per heavy atom. The van der Waals surface area contributed by atoms with Gasteiger partial charge < -0.3 is 9.84 Å². The zero-order chi connectivity index (χ0) is 15.3. The predicted molar refractivity (Wildman–Crippen MR) is 79.3 cm³/mol. The van der Waals surface area contributed by atoms with Crippen molar-refractivity contribution in [3.63, 3.8) is 0 Å². The highest BCUT2D eigenvalue weighted by molar-refractivity contribution is 7.10. The van der Waals surface area contributed by atoms with Crippen LogP contribution in [0.4, 0.5) is 4.79 Å². The number of rotatable bonds is 2. The minimum absolute atomic E-state index is 0.118. The fraction of sp³-hybridized carbons (Fsp3) is 0.400. The van der Waals surface area contributed by atoms with Gasteiger partial charge in [0.25, 0.3) is 5.91 Å². The topological polar surface area (TPSA) is 75.4 Å². The molecule has 0 bridgehead atoms. The second-order valence-electron chi connectivity index (χ2n) is 5.77. The third-order valence-corrected chi connectivity index (χ3v) is 5.31. The summed E-state index contributed by atoms with van der Waals surface area (Å²) >= 11 is 1.65. The number of hydrogen-bond acceptors (Lipinski definition) is 5. The van der Waals surface area contributed by atoms with E-state index in [9.17, 15) is 9.59 Å². The molecule has 2 aliphatic rings. The third-order valence-electron chi connectivity index (χ3n) is 4.33. The molecule has 1 saturated heterocycles. The maximum absolute atomic E-state index is 12.9. The highest BCUT2D eigenvalue weighted by Gasteiger charge is 2.54. The molecule has 1 unspecified atom stereocenters. The molecule has 3 amide bonds. The predicted octanol–water partition coefficient (Wildman–Crippen LogP) is 2.33. The molecule has 4 rings (SSSR count). The standard InChI is InChI=1S/C15H15N3O3S/c1-9-7-10(21-17-9)8-18-13(19)15(16-14(18)20)5-2-3-12-11(15)4-6-22-12/h4,6-7H,2-3,5,8H2,1H3,(H,16,20). The Morgan fingerprint density at radius 2 is 2.36 bits per heavy atom. The third kappa shape index (κ3) is 1.81. The summed E-state index contributed by atoms with van der Waals surface area (Å²) in [5.41, 5.74) is 0.799. The quantitative estimate of drug-likeness (QED) is 0.863. The van der Waals surface area contributed by atoms with Crippen molar-refractivity contribution in [1.82, 2.24) is 15.4 Å². The van der Waals surface area contributed by atoms with Gasteiger partial charge in [0.2, 0.25) is 0 Å². The van der Waals surface area contributed by atoms with Crippen molar-refractivity contribution in [2.24, 2.45) is 0 Å². The van der Waals surface area contributed by atoms with Crippen molar-refractivity contribution in [3.05, 3.63) is 39.4 Å². The Labute approximate surface area is 131 Å². The van der Waals surface area contributed by atoms with Crippen molar-refractivity contribution < 1.29 is 14.1 Å². The van der Waals surface area contributed by atoms with Crippen molar-refractivity contribution in [3.8, 4) is 0 Å². The van der Waals surface area contributed by atoms with Crippen molar-refractivity contribution in [1.29, 1.82) is 0 Å². The number of nitrogens with zero attached hydrogens (tertiary/aromatic N) is 2. The van der Waals surface area contributed by atoms with Crippen LogP contribution in [0.3, 0.4) is 0 Å². The number of fused-ring (bicyclic) bond motifs is 2. The van der Waals surface area contributed by atoms with Gasteiger partial charge in [0.05, 0.1) is 12.2 Å². The monoisotopic (exact) mass is 317 g/mol. The number of urea groups is 1. The lowest BCUT2D eigenvalue weighted by Gasteiger charge is -2.31. The van der Waals surface area contributed by atoms with Crippen molar-refractivity contribution in [2.75, 3.05) is 0 Å². The number of hydrogen-bond donors (Lipinski definition) is 1. The number of amides is 3. The molecule has 2 aromatic heterocycles. The number of carbonyl (C=O) groups excluding carboxylic acids is 2. The SMILES string of the molecule is Cc1cc(CN2C(=O)NC3(CCCc4sccc43)C2=O)on1. The van der Waals surface area contributed by atoms with E-state index in [1.807, 2.05) is 11.4 Å². The molecule has 1 atom stereocenters. The lowest BCUT2D eigenvalue weighted by atomic mass is 9.80. The van der Waals surface area contributed by atoms with Gasteiger partial charge in [-0.25, -0.2) is 4.79 Å². The van der Waals surface area contributed by atoms with E-state index in [0.29, 0.717) is 12.2 Å². The van der Waals surface area contributed by atoms with Crippen LogP contribution in [0.5, 0.6) is 0 Å². The van der Waals surface area contributed by atoms with Crippen LogP contribution < -0.4 is 5.32 Å². The molecule has 114 valence electrons. The van der Waals surface area contributed by atoms with Crippen LogP contribution in [-0.2, 0) is 23.3 Å². The van der Waals surface area contributed by atoms with Crippen LogP contribution in [0.1, 0.15) is 34.7 Å². The second-order valence-corrected chi connectivity index (χ2v) is 6.77. The smallest absolute Gasteiger partial charge is 0.325 e. The maximum Gasteiger partial charge on any atom is 0.325 e. The van der Waals surface area contributed by atoms with Crippen LogP contribution >= 0.6 is 11.3 Å². The summed E-state index contributed by atoms with van der Waals surface area (Å²) in [7, 11) is 0. The molecule has 3 heterocycles. The average molecular weight is 317 g/mol. The van der Waals surface area contributed by atoms with Crippen LogP contribution in [-0.4, -0.2) is 22.0 Å². The van der Waals surface area contributed by atoms with E-state index in [1.165, 1.54) is 9.78 Å². The number of aromatic nitrogens is 1. The highest BCUT2D eigenvalue weighted by Crippen LogP contribution is 2.42. The zero-order valence-corrected chi connectivity index (χ0v) is 12.9. The Kier molecular flexibility index (Phi) is 2.87. The van der Waals surface area contributed by atoms with Gasteiger partial charge in [0, 0.05) is 16.5 Å². The number of imide groups is 1. The van der Waals surface area contributed by atoms with Crippen molar-refractivity contribution in [2.45, 2.75) is 38.3 Å². The first-order valence-electron chi connectivity index (χ1n) is 7.23. The van der Waals surface area contributed by atoms with Gasteiger partial charge in [-0.15, -0.1) is 11.3 Å². The lowest BCUT2D eigenvalue weighted by Crippen LogP contribution is -2.45. The Bertz CT molecular complexity index is 766. The van der Waals surface area contributed by atoms with Crippen LogP contribution in [0.2, 0.25) is 0 Å². The van der Waals surface area contributed by atoms with Crippen LogP contribution in [0, 0.1) is 6.92 Å². The van der Waals surface area contributed by atoms with Gasteiger partial charge in [0.1, 0.15) is 5.54 Å². The van der Waals surface area contributed by atoms with Gasteiger partial charge >= 0.3 is 6.03 Å². The van der Waals surface area contributed by atoms with E-state index in [2.05, 4.69) is 10.5 Å². The first kappa shape index (κ1) is 13.5. The second kappa shape index (κ2) is 4.67. The first-order chi connectivity index (χ1) is 10.6. The number of thiophene rings is 1. The van der Waals surface area contributed by atoms with Gasteiger partial charge in [-0.3, -0.25) is 9.69 Å². The summed E-state index contributed by atoms with van der Waals surface area (Å²) in [6.07, 6.45) is 2.52. The Balaban J connectivity index is 1.68. The Hall–Kier alpha value is -2.15. The molecule has 1 N–H and O–H groups in total. The van der Waals surface area contributed by atoms with E-state index in [0.717, 1.165) is 24.1 Å². The number of carbonyl (C=O) groups is 2. The maximum atomic E-state index is 12.9. The van der Waals surface area contributed by atoms with Gasteiger partial charge in [-0.05, 0) is 37.6 Å². The molecular formula is C15H15N3O3S. The molecule has 1 aliphatic heterocycles. The summed E-state index contributed by atoms with van der Waals surface area (Å²) in [5, 5.41) is 8.70. The minimum Gasteiger partial charge on any atom is -0.359 e. The molecular weight excluding hydrogens is 302 g/mol. The zero-order valence-electron chi connectivity index (χ0n) is 12.1. The highest BCUT2D eigenvalue weighted by atomic mass is 32.1. The minimum atomic E-state index is -0.889. The van der Waals surface area contributed by atoms with Crippen molar-refractivity contribution >= 4 is 23.3 Å². The van der Waals surface area contributed by atoms with E-state index >= 15 is 0 Å². The number of aryl methyl sites for hydroxylation is 2. The fourth-order valence-electron chi connectivity index (χ4n) is 3.33. The average Bonchev–Trinajstić information content (AvgIpc) is 3.17. The normalized spacial score (nSPS) is 24.0. The summed E-state index contributed by atoms with van der Waals surface area (Å²) in [5.74, 6) is 0.324. The molecule has 0 aromatic carbocycles. The molecule has 1 spiro atoms. The van der Waals surface area contributed by atoms with Crippen LogP contribution in [0.15, 0.2) is 22.0 Å². The van der Waals surface area contributed by atoms with E-state index in [1.54, 1.807) is 24.3 Å². The molecule has 0 saturated carbocycles. The van der Waals surface area contributed by atoms with E-state index in [-0.39, 0.29) is 18.5 Å². The lowest BCUT2D eigenvalue weighted by molar-refractivity contribution is -0.132. The largest absolute Gasteiger partial charge is 0.359 e. The molecule has 7 heteroatoms. The summed E-state index contributed by atoms with van der Waals surface area (Å²) < 4.78 is 5.13.